The third-order valence-corrected chi connectivity index (χ3v) is 2.17. The second-order valence-corrected chi connectivity index (χ2v) is 4.17. The van der Waals surface area contributed by atoms with Gasteiger partial charge in [-0.3, -0.25) is 0 Å². The van der Waals surface area contributed by atoms with Gasteiger partial charge in [0, 0.05) is 11.2 Å². The van der Waals surface area contributed by atoms with E-state index in [9.17, 15) is 0 Å². The molecule has 1 heterocycles. The summed E-state index contributed by atoms with van der Waals surface area (Å²) in [6, 6.07) is 10.6. The number of benzene rings is 1. The maximum Gasteiger partial charge on any atom is 0.0456 e. The van der Waals surface area contributed by atoms with Gasteiger partial charge in [-0.25, -0.2) is 0 Å². The van der Waals surface area contributed by atoms with Crippen molar-refractivity contribution in [2.75, 3.05) is 0 Å². The molecule has 1 aromatic heterocycles. The maximum atomic E-state index is 3.40. The Kier molecular flexibility index (Phi) is 4.41. The van der Waals surface area contributed by atoms with E-state index in [1.165, 1.54) is 23.0 Å². The Morgan fingerprint density at radius 1 is 1.13 bits per heavy atom. The summed E-state index contributed by atoms with van der Waals surface area (Å²) in [5, 5.41) is 1.31. The van der Waals surface area contributed by atoms with E-state index in [4.69, 9.17) is 0 Å². The Labute approximate surface area is 92.5 Å². The Balaban J connectivity index is 0.000000337. The smallest absolute Gasteiger partial charge is 0.0456 e. The Morgan fingerprint density at radius 2 is 1.73 bits per heavy atom. The molecule has 0 radical (unpaired) electrons. The van der Waals surface area contributed by atoms with Crippen LogP contribution >= 0.6 is 0 Å². The van der Waals surface area contributed by atoms with Crippen LogP contribution in [0.25, 0.3) is 10.9 Å². The van der Waals surface area contributed by atoms with Gasteiger partial charge in [0.2, 0.25) is 0 Å². The molecule has 0 saturated carbocycles. The van der Waals surface area contributed by atoms with Crippen LogP contribution in [0.1, 0.15) is 45.7 Å². The van der Waals surface area contributed by atoms with Gasteiger partial charge in [-0.15, -0.1) is 0 Å². The molecule has 0 aliphatic rings. The molecule has 0 saturated heterocycles. The monoisotopic (exact) mass is 203 g/mol. The fraction of sp³-hybridized carbons (Fsp3) is 0.429. The van der Waals surface area contributed by atoms with E-state index < -0.39 is 0 Å². The molecule has 2 aromatic rings. The van der Waals surface area contributed by atoms with Gasteiger partial charge in [0.05, 0.1) is 0 Å². The number of H-pyrrole nitrogens is 1. The number of hydrogen-bond donors (Lipinski definition) is 1. The summed E-state index contributed by atoms with van der Waals surface area (Å²) in [5.41, 5.74) is 2.55. The molecule has 0 aliphatic heterocycles. The summed E-state index contributed by atoms with van der Waals surface area (Å²) in [4.78, 5) is 3.40. The lowest BCUT2D eigenvalue weighted by Crippen LogP contribution is -1.84. The highest BCUT2D eigenvalue weighted by Gasteiger charge is 2.02. The number of hydrogen-bond acceptors (Lipinski definition) is 0. The van der Waals surface area contributed by atoms with Gasteiger partial charge in [-0.05, 0) is 23.4 Å². The molecule has 0 aliphatic carbocycles. The normalized spacial score (nSPS) is 10.2. The summed E-state index contributed by atoms with van der Waals surface area (Å²) < 4.78 is 0. The van der Waals surface area contributed by atoms with Crippen molar-refractivity contribution >= 4 is 10.9 Å². The van der Waals surface area contributed by atoms with Crippen molar-refractivity contribution in [3.63, 3.8) is 0 Å². The van der Waals surface area contributed by atoms with Crippen molar-refractivity contribution in [3.05, 3.63) is 36.0 Å². The number of nitrogens with one attached hydrogen (secondary N) is 1. The van der Waals surface area contributed by atoms with Gasteiger partial charge in [0.15, 0.2) is 0 Å². The van der Waals surface area contributed by atoms with Gasteiger partial charge in [0.25, 0.3) is 0 Å². The van der Waals surface area contributed by atoms with E-state index in [-0.39, 0.29) is 0 Å². The first kappa shape index (κ1) is 11.8. The number of rotatable bonds is 1. The summed E-state index contributed by atoms with van der Waals surface area (Å²) in [6.07, 6.45) is 1.25. The topological polar surface area (TPSA) is 15.8 Å². The van der Waals surface area contributed by atoms with Crippen molar-refractivity contribution in [2.24, 2.45) is 0 Å². The maximum absolute atomic E-state index is 3.40. The quantitative estimate of drug-likeness (QED) is 0.691. The van der Waals surface area contributed by atoms with Gasteiger partial charge in [0.1, 0.15) is 0 Å². The fourth-order valence-electron chi connectivity index (χ4n) is 1.41. The van der Waals surface area contributed by atoms with E-state index in [0.717, 1.165) is 0 Å². The number of fused-ring (bicyclic) bond motifs is 1. The molecule has 2 rings (SSSR count). The molecule has 0 fully saturated rings. The predicted octanol–water partition coefficient (Wildman–Crippen LogP) is 4.71. The first-order valence-corrected chi connectivity index (χ1v) is 5.76. The van der Waals surface area contributed by atoms with Crippen LogP contribution in [0.4, 0.5) is 0 Å². The fourth-order valence-corrected chi connectivity index (χ4v) is 1.41. The van der Waals surface area contributed by atoms with Crippen LogP contribution < -0.4 is 0 Å². The zero-order valence-corrected chi connectivity index (χ0v) is 10.2. The summed E-state index contributed by atoms with van der Waals surface area (Å²) in [6.45, 7) is 8.65. The second-order valence-electron chi connectivity index (χ2n) is 4.17. The lowest BCUT2D eigenvalue weighted by molar-refractivity contribution is 0.836. The zero-order valence-electron chi connectivity index (χ0n) is 10.2. The first-order valence-electron chi connectivity index (χ1n) is 5.76. The van der Waals surface area contributed by atoms with E-state index in [0.29, 0.717) is 5.92 Å². The van der Waals surface area contributed by atoms with E-state index >= 15 is 0 Å². The molecular weight excluding hydrogens is 182 g/mol. The number of aromatic amines is 1. The van der Waals surface area contributed by atoms with Crippen LogP contribution in [0, 0.1) is 0 Å². The van der Waals surface area contributed by atoms with Gasteiger partial charge >= 0.3 is 0 Å². The molecule has 1 N–H and O–H groups in total. The van der Waals surface area contributed by atoms with Crippen LogP contribution in [0.3, 0.4) is 0 Å². The standard InChI is InChI=1S/C11H13N.C3H8/c1-8(2)11-7-9-5-3-4-6-10(9)12-11;1-3-2/h3-8,12H,1-2H3;3H2,1-2H3. The van der Waals surface area contributed by atoms with Crippen LogP contribution in [0.2, 0.25) is 0 Å². The molecule has 0 spiro atoms. The van der Waals surface area contributed by atoms with Crippen LogP contribution in [0.15, 0.2) is 30.3 Å². The minimum Gasteiger partial charge on any atom is -0.358 e. The lowest BCUT2D eigenvalue weighted by Gasteiger charge is -1.97. The van der Waals surface area contributed by atoms with Crippen LogP contribution in [0.5, 0.6) is 0 Å². The van der Waals surface area contributed by atoms with Crippen molar-refractivity contribution in [1.82, 2.24) is 4.98 Å². The van der Waals surface area contributed by atoms with Gasteiger partial charge in [-0.1, -0.05) is 52.3 Å². The van der Waals surface area contributed by atoms with Crippen molar-refractivity contribution < 1.29 is 0 Å². The molecule has 1 nitrogen and oxygen atoms in total. The van der Waals surface area contributed by atoms with E-state index in [2.05, 4.69) is 63.0 Å². The Bertz CT molecular complexity index is 365. The third-order valence-electron chi connectivity index (χ3n) is 2.17. The molecule has 82 valence electrons. The minimum atomic E-state index is 0.581. The van der Waals surface area contributed by atoms with Crippen molar-refractivity contribution in [2.45, 2.75) is 40.0 Å². The highest BCUT2D eigenvalue weighted by molar-refractivity contribution is 5.80. The molecule has 0 bridgehead atoms. The number of para-hydroxylation sites is 1. The van der Waals surface area contributed by atoms with Crippen LogP contribution in [-0.4, -0.2) is 4.98 Å². The molecule has 1 heteroatoms. The van der Waals surface area contributed by atoms with E-state index in [1.54, 1.807) is 0 Å². The zero-order chi connectivity index (χ0) is 11.3. The molecule has 15 heavy (non-hydrogen) atoms. The Hall–Kier alpha value is -1.24. The van der Waals surface area contributed by atoms with Gasteiger partial charge in [-0.2, -0.15) is 0 Å². The first-order chi connectivity index (χ1) is 7.19. The summed E-state index contributed by atoms with van der Waals surface area (Å²) in [7, 11) is 0. The van der Waals surface area contributed by atoms with Crippen molar-refractivity contribution in [1.29, 1.82) is 0 Å². The summed E-state index contributed by atoms with van der Waals surface area (Å²) in [5.74, 6) is 0.581. The highest BCUT2D eigenvalue weighted by atomic mass is 14.7. The lowest BCUT2D eigenvalue weighted by atomic mass is 10.1. The molecule has 1 aromatic carbocycles. The third kappa shape index (κ3) is 3.12. The van der Waals surface area contributed by atoms with Crippen molar-refractivity contribution in [3.8, 4) is 0 Å². The van der Waals surface area contributed by atoms with E-state index in [1.807, 2.05) is 0 Å². The Morgan fingerprint density at radius 3 is 2.27 bits per heavy atom. The number of aromatic nitrogens is 1. The molecule has 0 amide bonds. The predicted molar refractivity (Wildman–Crippen MR) is 68.4 cm³/mol. The second kappa shape index (κ2) is 5.59. The van der Waals surface area contributed by atoms with Crippen LogP contribution in [-0.2, 0) is 0 Å². The van der Waals surface area contributed by atoms with Gasteiger partial charge < -0.3 is 4.98 Å². The SMILES string of the molecule is CC(C)c1cc2ccccc2[nH]1.CCC. The summed E-state index contributed by atoms with van der Waals surface area (Å²) >= 11 is 0. The average molecular weight is 203 g/mol. The molecule has 0 atom stereocenters. The largest absolute Gasteiger partial charge is 0.358 e. The average Bonchev–Trinajstić information content (AvgIpc) is 2.62. The molecular formula is C14H21N. The minimum absolute atomic E-state index is 0.581. The molecule has 0 unspecified atom stereocenters. The highest BCUT2D eigenvalue weighted by Crippen LogP contribution is 2.20.